The van der Waals surface area contributed by atoms with Gasteiger partial charge in [0.15, 0.2) is 0 Å². The number of thiophene rings is 1. The maximum absolute atomic E-state index is 10.8. The number of carbonyl (C=O) groups excluding carboxylic acids is 2. The molecule has 0 radical (unpaired) electrons. The summed E-state index contributed by atoms with van der Waals surface area (Å²) in [5.74, 6) is -1.55. The summed E-state index contributed by atoms with van der Waals surface area (Å²) in [5.41, 5.74) is 0.889. The van der Waals surface area contributed by atoms with Crippen LogP contribution >= 0.6 is 11.3 Å². The Morgan fingerprint density at radius 1 is 1.25 bits per heavy atom. The van der Waals surface area contributed by atoms with Crippen LogP contribution in [0.2, 0.25) is 0 Å². The number of rotatable bonds is 0. The number of hydrogen-bond acceptors (Lipinski definition) is 3. The normalized spacial score (nSPS) is 15.1. The van der Waals surface area contributed by atoms with Crippen LogP contribution in [0.3, 0.4) is 0 Å². The predicted molar refractivity (Wildman–Crippen MR) is 41.4 cm³/mol. The van der Waals surface area contributed by atoms with E-state index in [1.165, 1.54) is 11.3 Å². The topological polar surface area (TPSA) is 58.9 Å². The zero-order chi connectivity index (χ0) is 8.72. The lowest BCUT2D eigenvalue weighted by Crippen LogP contribution is -2.31. The van der Waals surface area contributed by atoms with E-state index in [0.29, 0.717) is 10.0 Å². The molecule has 12 heavy (non-hydrogen) atoms. The molecular formula is C7H4N2O2S. The molecule has 0 atom stereocenters. The van der Waals surface area contributed by atoms with Gasteiger partial charge in [0.05, 0.1) is 0 Å². The Kier molecular flexibility index (Phi) is 1.41. The van der Waals surface area contributed by atoms with Crippen molar-refractivity contribution in [1.82, 2.24) is 0 Å². The van der Waals surface area contributed by atoms with E-state index in [-0.39, 0.29) is 0 Å². The van der Waals surface area contributed by atoms with E-state index in [1.807, 2.05) is 12.3 Å². The second-order valence-electron chi connectivity index (χ2n) is 2.41. The van der Waals surface area contributed by atoms with E-state index < -0.39 is 11.8 Å². The van der Waals surface area contributed by atoms with Gasteiger partial charge < -0.3 is 0 Å². The van der Waals surface area contributed by atoms with Gasteiger partial charge in [-0.25, -0.2) is 4.99 Å². The van der Waals surface area contributed by atoms with Gasteiger partial charge in [-0.05, 0) is 17.9 Å². The predicted octanol–water partition coefficient (Wildman–Crippen LogP) is -0.637. The van der Waals surface area contributed by atoms with Gasteiger partial charge >= 0.3 is 11.8 Å². The summed E-state index contributed by atoms with van der Waals surface area (Å²) in [6.45, 7) is 1.83. The van der Waals surface area contributed by atoms with Gasteiger partial charge in [-0.3, -0.25) is 9.59 Å². The SMILES string of the molecule is Cc1csc2c1=NC(=O)C(=O)N=2. The Morgan fingerprint density at radius 2 is 1.92 bits per heavy atom. The molecule has 0 aromatic carbocycles. The van der Waals surface area contributed by atoms with Crippen LogP contribution in [0.25, 0.3) is 0 Å². The fourth-order valence-corrected chi connectivity index (χ4v) is 1.78. The molecule has 0 saturated heterocycles. The maximum atomic E-state index is 10.8. The molecule has 4 nitrogen and oxygen atoms in total. The number of nitrogens with zero attached hydrogens (tertiary/aromatic N) is 2. The van der Waals surface area contributed by atoms with E-state index in [1.54, 1.807) is 0 Å². The highest BCUT2D eigenvalue weighted by atomic mass is 32.1. The molecule has 1 aliphatic heterocycles. The van der Waals surface area contributed by atoms with Crippen LogP contribution < -0.4 is 10.0 Å². The van der Waals surface area contributed by atoms with Crippen LogP contribution in [0.4, 0.5) is 0 Å². The molecular weight excluding hydrogens is 176 g/mol. The molecule has 0 unspecified atom stereocenters. The Morgan fingerprint density at radius 3 is 2.67 bits per heavy atom. The first kappa shape index (κ1) is 7.30. The number of amides is 2. The van der Waals surface area contributed by atoms with Crippen molar-refractivity contribution < 1.29 is 9.59 Å². The molecule has 2 heterocycles. The quantitative estimate of drug-likeness (QED) is 0.499. The summed E-state index contributed by atoms with van der Waals surface area (Å²) in [7, 11) is 0. The molecule has 1 aromatic heterocycles. The number of carbonyl (C=O) groups is 2. The average Bonchev–Trinajstić information content (AvgIpc) is 2.35. The number of aryl methyl sites for hydroxylation is 1. The average molecular weight is 180 g/mol. The molecule has 0 fully saturated rings. The molecule has 1 aromatic rings. The zero-order valence-electron chi connectivity index (χ0n) is 6.20. The zero-order valence-corrected chi connectivity index (χ0v) is 7.01. The highest BCUT2D eigenvalue weighted by Gasteiger charge is 2.16. The molecule has 0 saturated carbocycles. The summed E-state index contributed by atoms with van der Waals surface area (Å²) in [5, 5.41) is 2.37. The van der Waals surface area contributed by atoms with Gasteiger partial charge in [0.1, 0.15) is 10.0 Å². The Labute approximate surface area is 71.3 Å². The lowest BCUT2D eigenvalue weighted by molar-refractivity contribution is -0.135. The minimum Gasteiger partial charge on any atom is -0.261 e. The van der Waals surface area contributed by atoms with Crippen LogP contribution in [-0.4, -0.2) is 11.8 Å². The van der Waals surface area contributed by atoms with E-state index in [9.17, 15) is 9.59 Å². The lowest BCUT2D eigenvalue weighted by atomic mass is 10.3. The monoisotopic (exact) mass is 180 g/mol. The number of fused-ring (bicyclic) bond motifs is 1. The molecule has 0 N–H and O–H groups in total. The van der Waals surface area contributed by atoms with Crippen molar-refractivity contribution in [3.05, 3.63) is 21.0 Å². The molecule has 0 aliphatic carbocycles. The molecule has 0 spiro atoms. The van der Waals surface area contributed by atoms with Crippen LogP contribution in [0.15, 0.2) is 15.4 Å². The van der Waals surface area contributed by atoms with Gasteiger partial charge in [-0.1, -0.05) is 0 Å². The van der Waals surface area contributed by atoms with Crippen molar-refractivity contribution in [2.75, 3.05) is 0 Å². The third-order valence-corrected chi connectivity index (χ3v) is 2.50. The van der Waals surface area contributed by atoms with Crippen molar-refractivity contribution in [2.45, 2.75) is 6.92 Å². The van der Waals surface area contributed by atoms with Gasteiger partial charge in [-0.15, -0.1) is 11.3 Å². The van der Waals surface area contributed by atoms with Gasteiger partial charge in [0.2, 0.25) is 0 Å². The van der Waals surface area contributed by atoms with E-state index in [4.69, 9.17) is 0 Å². The highest BCUT2D eigenvalue weighted by molar-refractivity contribution is 7.07. The van der Waals surface area contributed by atoms with Crippen LogP contribution in [0.1, 0.15) is 5.56 Å². The van der Waals surface area contributed by atoms with E-state index in [0.717, 1.165) is 5.56 Å². The van der Waals surface area contributed by atoms with Crippen molar-refractivity contribution in [2.24, 2.45) is 9.98 Å². The molecule has 60 valence electrons. The van der Waals surface area contributed by atoms with Crippen molar-refractivity contribution >= 4 is 23.2 Å². The molecule has 1 aliphatic rings. The smallest absolute Gasteiger partial charge is 0.261 e. The van der Waals surface area contributed by atoms with Crippen LogP contribution in [0.5, 0.6) is 0 Å². The maximum Gasteiger partial charge on any atom is 0.338 e. The van der Waals surface area contributed by atoms with Gasteiger partial charge in [0.25, 0.3) is 0 Å². The van der Waals surface area contributed by atoms with Gasteiger partial charge in [0, 0.05) is 0 Å². The first-order chi connectivity index (χ1) is 5.68. The second-order valence-corrected chi connectivity index (χ2v) is 3.26. The van der Waals surface area contributed by atoms with E-state index in [2.05, 4.69) is 9.98 Å². The first-order valence-corrected chi connectivity index (χ1v) is 4.16. The summed E-state index contributed by atoms with van der Waals surface area (Å²) < 4.78 is 0.539. The Bertz CT molecular complexity index is 486. The fourth-order valence-electron chi connectivity index (χ4n) is 0.929. The standard InChI is InChI=1S/C7H4N2O2S/c1-3-2-12-7-4(3)8-5(10)6(11)9-7/h2H,1H3. The third-order valence-electron chi connectivity index (χ3n) is 1.52. The minimum atomic E-state index is -0.774. The van der Waals surface area contributed by atoms with Crippen LogP contribution in [0, 0.1) is 6.92 Å². The molecule has 2 rings (SSSR count). The van der Waals surface area contributed by atoms with Crippen LogP contribution in [-0.2, 0) is 9.59 Å². The molecule has 2 amide bonds. The van der Waals surface area contributed by atoms with E-state index >= 15 is 0 Å². The Balaban J connectivity index is 2.91. The van der Waals surface area contributed by atoms with Crippen molar-refractivity contribution in [3.63, 3.8) is 0 Å². The lowest BCUT2D eigenvalue weighted by Gasteiger charge is -1.91. The highest BCUT2D eigenvalue weighted by Crippen LogP contribution is 1.94. The van der Waals surface area contributed by atoms with Gasteiger partial charge in [-0.2, -0.15) is 4.99 Å². The molecule has 5 heteroatoms. The largest absolute Gasteiger partial charge is 0.338 e. The number of hydrogen-bond donors (Lipinski definition) is 0. The molecule has 0 bridgehead atoms. The summed E-state index contributed by atoms with van der Waals surface area (Å²) >= 11 is 1.32. The third kappa shape index (κ3) is 0.902. The first-order valence-electron chi connectivity index (χ1n) is 3.28. The summed E-state index contributed by atoms with van der Waals surface area (Å²) in [4.78, 5) is 28.8. The van der Waals surface area contributed by atoms with Crippen molar-refractivity contribution in [1.29, 1.82) is 0 Å². The summed E-state index contributed by atoms with van der Waals surface area (Å²) in [6, 6.07) is 0. The minimum absolute atomic E-state index is 0.539. The summed E-state index contributed by atoms with van der Waals surface area (Å²) in [6.07, 6.45) is 0. The second kappa shape index (κ2) is 2.31. The Hall–Kier alpha value is -1.36. The van der Waals surface area contributed by atoms with Crippen molar-refractivity contribution in [3.8, 4) is 0 Å². The fraction of sp³-hybridized carbons (Fsp3) is 0.143.